The van der Waals surface area contributed by atoms with Gasteiger partial charge in [0.2, 0.25) is 5.91 Å². The predicted octanol–water partition coefficient (Wildman–Crippen LogP) is 3.04. The lowest BCUT2D eigenvalue weighted by molar-refractivity contribution is -0.130. The van der Waals surface area contributed by atoms with Crippen LogP contribution in [0.4, 0.5) is 0 Å². The minimum Gasteiger partial charge on any atom is -0.340 e. The van der Waals surface area contributed by atoms with Gasteiger partial charge in [0.15, 0.2) is 0 Å². The van der Waals surface area contributed by atoms with E-state index in [2.05, 4.69) is 49.9 Å². The van der Waals surface area contributed by atoms with E-state index in [1.54, 1.807) is 6.92 Å². The lowest BCUT2D eigenvalue weighted by Gasteiger charge is -2.38. The first kappa shape index (κ1) is 15.0. The maximum Gasteiger partial charge on any atom is 0.219 e. The van der Waals surface area contributed by atoms with Crippen LogP contribution in [0.3, 0.4) is 0 Å². The van der Waals surface area contributed by atoms with Crippen molar-refractivity contribution in [1.29, 1.82) is 0 Å². The Morgan fingerprint density at radius 3 is 1.90 bits per heavy atom. The van der Waals surface area contributed by atoms with Crippen LogP contribution in [0.15, 0.2) is 24.3 Å². The number of carbonyl (C=O) groups excluding carboxylic acids is 1. The third-order valence-corrected chi connectivity index (χ3v) is 4.39. The van der Waals surface area contributed by atoms with Gasteiger partial charge in [0, 0.05) is 39.1 Å². The molecule has 0 spiro atoms. The molecule has 1 aromatic carbocycles. The summed E-state index contributed by atoms with van der Waals surface area (Å²) in [5.74, 6) is 0.775. The molecule has 110 valence electrons. The highest BCUT2D eigenvalue weighted by Gasteiger charge is 2.23. The van der Waals surface area contributed by atoms with Gasteiger partial charge in [-0.15, -0.1) is 0 Å². The second-order valence-electron chi connectivity index (χ2n) is 6.04. The summed E-state index contributed by atoms with van der Waals surface area (Å²) in [5.41, 5.74) is 2.76. The number of hydrogen-bond donors (Lipinski definition) is 0. The quantitative estimate of drug-likeness (QED) is 0.846. The first-order valence-corrected chi connectivity index (χ1v) is 7.58. The van der Waals surface area contributed by atoms with Gasteiger partial charge < -0.3 is 4.90 Å². The SMILES string of the molecule is CC(=O)N1CCN(C(C)c2ccc(C(C)C)cc2)CC1. The second-order valence-corrected chi connectivity index (χ2v) is 6.04. The van der Waals surface area contributed by atoms with E-state index in [1.807, 2.05) is 4.90 Å². The summed E-state index contributed by atoms with van der Waals surface area (Å²) >= 11 is 0. The van der Waals surface area contributed by atoms with E-state index in [9.17, 15) is 4.79 Å². The Kier molecular flexibility index (Phi) is 4.81. The largest absolute Gasteiger partial charge is 0.340 e. The van der Waals surface area contributed by atoms with Gasteiger partial charge in [-0.25, -0.2) is 0 Å². The third kappa shape index (κ3) is 3.40. The van der Waals surface area contributed by atoms with Crippen LogP contribution < -0.4 is 0 Å². The van der Waals surface area contributed by atoms with Crippen LogP contribution in [0.1, 0.15) is 50.8 Å². The monoisotopic (exact) mass is 274 g/mol. The molecule has 1 heterocycles. The molecular weight excluding hydrogens is 248 g/mol. The van der Waals surface area contributed by atoms with E-state index in [0.717, 1.165) is 26.2 Å². The molecular formula is C17H26N2O. The van der Waals surface area contributed by atoms with Crippen molar-refractivity contribution in [1.82, 2.24) is 9.80 Å². The average molecular weight is 274 g/mol. The lowest BCUT2D eigenvalue weighted by atomic mass is 9.99. The first-order chi connectivity index (χ1) is 9.49. The topological polar surface area (TPSA) is 23.6 Å². The van der Waals surface area contributed by atoms with E-state index in [-0.39, 0.29) is 5.91 Å². The van der Waals surface area contributed by atoms with E-state index in [0.29, 0.717) is 12.0 Å². The van der Waals surface area contributed by atoms with Crippen LogP contribution in [0.2, 0.25) is 0 Å². The minimum atomic E-state index is 0.193. The molecule has 0 N–H and O–H groups in total. The molecule has 0 saturated carbocycles. The van der Waals surface area contributed by atoms with Crippen molar-refractivity contribution in [2.24, 2.45) is 0 Å². The molecule has 1 atom stereocenters. The van der Waals surface area contributed by atoms with Crippen LogP contribution >= 0.6 is 0 Å². The van der Waals surface area contributed by atoms with E-state index < -0.39 is 0 Å². The fraction of sp³-hybridized carbons (Fsp3) is 0.588. The van der Waals surface area contributed by atoms with E-state index in [1.165, 1.54) is 11.1 Å². The summed E-state index contributed by atoms with van der Waals surface area (Å²) in [4.78, 5) is 15.8. The fourth-order valence-corrected chi connectivity index (χ4v) is 2.79. The van der Waals surface area contributed by atoms with Gasteiger partial charge in [-0.05, 0) is 24.0 Å². The van der Waals surface area contributed by atoms with Crippen molar-refractivity contribution in [2.45, 2.75) is 39.7 Å². The minimum absolute atomic E-state index is 0.193. The zero-order valence-corrected chi connectivity index (χ0v) is 13.1. The molecule has 0 bridgehead atoms. The zero-order chi connectivity index (χ0) is 14.7. The molecule has 0 aromatic heterocycles. The zero-order valence-electron chi connectivity index (χ0n) is 13.1. The number of rotatable bonds is 3. The van der Waals surface area contributed by atoms with Gasteiger partial charge in [-0.3, -0.25) is 9.69 Å². The molecule has 1 aliphatic rings. The first-order valence-electron chi connectivity index (χ1n) is 7.58. The smallest absolute Gasteiger partial charge is 0.219 e. The predicted molar refractivity (Wildman–Crippen MR) is 82.8 cm³/mol. The Hall–Kier alpha value is -1.35. The number of benzene rings is 1. The molecule has 1 aromatic rings. The van der Waals surface area contributed by atoms with Crippen molar-refractivity contribution in [3.8, 4) is 0 Å². The van der Waals surface area contributed by atoms with Crippen LogP contribution in [-0.2, 0) is 4.79 Å². The normalized spacial score (nSPS) is 18.4. The molecule has 1 aliphatic heterocycles. The Morgan fingerprint density at radius 2 is 1.45 bits per heavy atom. The van der Waals surface area contributed by atoms with Crippen LogP contribution in [-0.4, -0.2) is 41.9 Å². The number of hydrogen-bond acceptors (Lipinski definition) is 2. The van der Waals surface area contributed by atoms with Crippen LogP contribution in [0, 0.1) is 0 Å². The van der Waals surface area contributed by atoms with Gasteiger partial charge in [-0.2, -0.15) is 0 Å². The van der Waals surface area contributed by atoms with Gasteiger partial charge in [0.05, 0.1) is 0 Å². The molecule has 1 saturated heterocycles. The Bertz CT molecular complexity index is 445. The summed E-state index contributed by atoms with van der Waals surface area (Å²) in [6.45, 7) is 12.0. The van der Waals surface area contributed by atoms with Crippen molar-refractivity contribution in [3.63, 3.8) is 0 Å². The van der Waals surface area contributed by atoms with Crippen LogP contribution in [0.5, 0.6) is 0 Å². The highest BCUT2D eigenvalue weighted by atomic mass is 16.2. The number of piperazine rings is 1. The lowest BCUT2D eigenvalue weighted by Crippen LogP contribution is -2.48. The molecule has 1 unspecified atom stereocenters. The summed E-state index contributed by atoms with van der Waals surface area (Å²) in [7, 11) is 0. The highest BCUT2D eigenvalue weighted by molar-refractivity contribution is 5.73. The van der Waals surface area contributed by atoms with E-state index in [4.69, 9.17) is 0 Å². The highest BCUT2D eigenvalue weighted by Crippen LogP contribution is 2.23. The van der Waals surface area contributed by atoms with Crippen molar-refractivity contribution >= 4 is 5.91 Å². The van der Waals surface area contributed by atoms with Crippen LogP contribution in [0.25, 0.3) is 0 Å². The third-order valence-electron chi connectivity index (χ3n) is 4.39. The molecule has 1 fully saturated rings. The Labute approximate surface area is 122 Å². The number of carbonyl (C=O) groups is 1. The maximum absolute atomic E-state index is 11.4. The molecule has 3 heteroatoms. The van der Waals surface area contributed by atoms with Crippen molar-refractivity contribution in [3.05, 3.63) is 35.4 Å². The fourth-order valence-electron chi connectivity index (χ4n) is 2.79. The Balaban J connectivity index is 1.98. The Morgan fingerprint density at radius 1 is 0.950 bits per heavy atom. The standard InChI is InChI=1S/C17H26N2O/c1-13(2)16-5-7-17(8-6-16)14(3)18-9-11-19(12-10-18)15(4)20/h5-8,13-14H,9-12H2,1-4H3. The summed E-state index contributed by atoms with van der Waals surface area (Å²) in [6.07, 6.45) is 0. The molecule has 1 amide bonds. The second kappa shape index (κ2) is 6.40. The average Bonchev–Trinajstić information content (AvgIpc) is 2.46. The van der Waals surface area contributed by atoms with Gasteiger partial charge in [0.1, 0.15) is 0 Å². The molecule has 3 nitrogen and oxygen atoms in total. The van der Waals surface area contributed by atoms with Crippen molar-refractivity contribution < 1.29 is 4.79 Å². The van der Waals surface area contributed by atoms with Gasteiger partial charge in [0.25, 0.3) is 0 Å². The molecule has 2 rings (SSSR count). The molecule has 0 aliphatic carbocycles. The van der Waals surface area contributed by atoms with Gasteiger partial charge in [-0.1, -0.05) is 38.1 Å². The number of nitrogens with zero attached hydrogens (tertiary/aromatic N) is 2. The summed E-state index contributed by atoms with van der Waals surface area (Å²) < 4.78 is 0. The summed E-state index contributed by atoms with van der Waals surface area (Å²) in [6, 6.07) is 9.39. The summed E-state index contributed by atoms with van der Waals surface area (Å²) in [5, 5.41) is 0. The molecule has 0 radical (unpaired) electrons. The van der Waals surface area contributed by atoms with E-state index >= 15 is 0 Å². The van der Waals surface area contributed by atoms with Crippen molar-refractivity contribution in [2.75, 3.05) is 26.2 Å². The maximum atomic E-state index is 11.4. The van der Waals surface area contributed by atoms with Gasteiger partial charge >= 0.3 is 0 Å². The number of amides is 1. The molecule has 20 heavy (non-hydrogen) atoms.